The normalized spacial score (nSPS) is 12.5. The first-order valence-corrected chi connectivity index (χ1v) is 6.36. The van der Waals surface area contributed by atoms with Gasteiger partial charge in [0.15, 0.2) is 0 Å². The first kappa shape index (κ1) is 11.6. The van der Waals surface area contributed by atoms with E-state index in [1.165, 1.54) is 0 Å². The smallest absolute Gasteiger partial charge is 0.127 e. The minimum Gasteiger partial charge on any atom is -0.348 e. The average Bonchev–Trinajstić information content (AvgIpc) is 2.90. The van der Waals surface area contributed by atoms with E-state index in [0.717, 1.165) is 23.3 Å². The van der Waals surface area contributed by atoms with Crippen LogP contribution in [0.1, 0.15) is 19.5 Å². The highest BCUT2D eigenvalue weighted by molar-refractivity contribution is 5.74. The number of nitrogens with one attached hydrogen (secondary N) is 1. The molecule has 0 radical (unpaired) electrons. The van der Waals surface area contributed by atoms with Crippen molar-refractivity contribution in [3.05, 3.63) is 48.7 Å². The fraction of sp³-hybridized carbons (Fsp3) is 0.214. The van der Waals surface area contributed by atoms with Gasteiger partial charge in [-0.05, 0) is 30.7 Å². The predicted octanol–water partition coefficient (Wildman–Crippen LogP) is 2.85. The lowest BCUT2D eigenvalue weighted by molar-refractivity contribution is 0.488. The molecule has 19 heavy (non-hydrogen) atoms. The van der Waals surface area contributed by atoms with Crippen LogP contribution in [-0.4, -0.2) is 20.0 Å². The van der Waals surface area contributed by atoms with Gasteiger partial charge < -0.3 is 5.32 Å². The molecule has 0 unspecified atom stereocenters. The van der Waals surface area contributed by atoms with Crippen LogP contribution in [0.15, 0.2) is 48.7 Å². The monoisotopic (exact) mass is 253 g/mol. The fourth-order valence-electron chi connectivity index (χ4n) is 2.07. The van der Waals surface area contributed by atoms with Crippen LogP contribution >= 0.6 is 0 Å². The zero-order chi connectivity index (χ0) is 13.1. The number of fused-ring (bicyclic) bond motifs is 1. The van der Waals surface area contributed by atoms with E-state index in [-0.39, 0.29) is 6.17 Å². The summed E-state index contributed by atoms with van der Waals surface area (Å²) in [4.78, 5) is 4.28. The Morgan fingerprint density at radius 3 is 2.79 bits per heavy atom. The van der Waals surface area contributed by atoms with E-state index in [9.17, 15) is 0 Å². The van der Waals surface area contributed by atoms with Crippen molar-refractivity contribution in [2.75, 3.05) is 5.32 Å². The van der Waals surface area contributed by atoms with Gasteiger partial charge in [0.25, 0.3) is 0 Å². The minimum absolute atomic E-state index is 0.0438. The van der Waals surface area contributed by atoms with Crippen molar-refractivity contribution in [1.82, 2.24) is 20.0 Å². The van der Waals surface area contributed by atoms with E-state index in [2.05, 4.69) is 27.5 Å². The quantitative estimate of drug-likeness (QED) is 0.776. The number of hydrogen-bond donors (Lipinski definition) is 1. The molecular formula is C14H15N5. The zero-order valence-electron chi connectivity index (χ0n) is 10.7. The fourth-order valence-corrected chi connectivity index (χ4v) is 2.07. The van der Waals surface area contributed by atoms with Gasteiger partial charge >= 0.3 is 0 Å². The lowest BCUT2D eigenvalue weighted by Crippen LogP contribution is -2.19. The molecule has 96 valence electrons. The van der Waals surface area contributed by atoms with Crippen molar-refractivity contribution in [2.24, 2.45) is 0 Å². The maximum absolute atomic E-state index is 4.28. The molecule has 2 aromatic heterocycles. The number of pyridine rings is 1. The second-order valence-electron chi connectivity index (χ2n) is 4.31. The van der Waals surface area contributed by atoms with Gasteiger partial charge in [0.1, 0.15) is 17.5 Å². The maximum Gasteiger partial charge on any atom is 0.127 e. The molecular weight excluding hydrogens is 238 g/mol. The van der Waals surface area contributed by atoms with E-state index in [1.807, 2.05) is 47.1 Å². The molecule has 0 fully saturated rings. The summed E-state index contributed by atoms with van der Waals surface area (Å²) in [6.07, 6.45) is 2.71. The van der Waals surface area contributed by atoms with Crippen LogP contribution in [0.4, 0.5) is 5.82 Å². The lowest BCUT2D eigenvalue weighted by atomic mass is 10.3. The molecule has 0 aliphatic heterocycles. The summed E-state index contributed by atoms with van der Waals surface area (Å²) >= 11 is 0. The second-order valence-corrected chi connectivity index (χ2v) is 4.31. The van der Waals surface area contributed by atoms with Crippen molar-refractivity contribution in [2.45, 2.75) is 19.5 Å². The largest absolute Gasteiger partial charge is 0.348 e. The van der Waals surface area contributed by atoms with Gasteiger partial charge in [-0.3, -0.25) is 0 Å². The van der Waals surface area contributed by atoms with Gasteiger partial charge in [0.05, 0.1) is 5.52 Å². The van der Waals surface area contributed by atoms with Gasteiger partial charge in [0, 0.05) is 6.20 Å². The van der Waals surface area contributed by atoms with Gasteiger partial charge in [-0.25, -0.2) is 9.67 Å². The molecule has 0 spiro atoms. The van der Waals surface area contributed by atoms with Gasteiger partial charge in [0.2, 0.25) is 0 Å². The number of hydrogen-bond acceptors (Lipinski definition) is 4. The van der Waals surface area contributed by atoms with E-state index in [4.69, 9.17) is 0 Å². The minimum atomic E-state index is 0.0438. The van der Waals surface area contributed by atoms with Gasteiger partial charge in [-0.1, -0.05) is 30.3 Å². The molecule has 1 N–H and O–H groups in total. The van der Waals surface area contributed by atoms with E-state index >= 15 is 0 Å². The molecule has 1 aromatic carbocycles. The SMILES string of the molecule is CC[C@H](Nc1ccccn1)n1nnc2ccccc21. The first-order chi connectivity index (χ1) is 9.38. The van der Waals surface area contributed by atoms with E-state index < -0.39 is 0 Å². The van der Waals surface area contributed by atoms with Crippen molar-refractivity contribution in [3.8, 4) is 0 Å². The third-order valence-corrected chi connectivity index (χ3v) is 3.04. The molecule has 0 saturated carbocycles. The molecule has 5 nitrogen and oxygen atoms in total. The Bertz CT molecular complexity index is 662. The van der Waals surface area contributed by atoms with Crippen LogP contribution in [0.2, 0.25) is 0 Å². The summed E-state index contributed by atoms with van der Waals surface area (Å²) in [6.45, 7) is 2.11. The molecule has 0 saturated heterocycles. The summed E-state index contributed by atoms with van der Waals surface area (Å²) in [5.41, 5.74) is 1.93. The highest BCUT2D eigenvalue weighted by atomic mass is 15.5. The molecule has 3 rings (SSSR count). The van der Waals surface area contributed by atoms with Gasteiger partial charge in [-0.15, -0.1) is 5.10 Å². The summed E-state index contributed by atoms with van der Waals surface area (Å²) in [5, 5.41) is 11.8. The van der Waals surface area contributed by atoms with E-state index in [1.54, 1.807) is 6.20 Å². The molecule has 0 amide bonds. The number of rotatable bonds is 4. The van der Waals surface area contributed by atoms with Crippen LogP contribution in [0.3, 0.4) is 0 Å². The highest BCUT2D eigenvalue weighted by Crippen LogP contribution is 2.19. The zero-order valence-corrected chi connectivity index (χ0v) is 10.7. The molecule has 0 aliphatic carbocycles. The maximum atomic E-state index is 4.28. The van der Waals surface area contributed by atoms with E-state index in [0.29, 0.717) is 0 Å². The number of para-hydroxylation sites is 1. The van der Waals surface area contributed by atoms with Crippen LogP contribution in [0.5, 0.6) is 0 Å². The lowest BCUT2D eigenvalue weighted by Gasteiger charge is -2.18. The summed E-state index contributed by atoms with van der Waals surface area (Å²) in [5.74, 6) is 0.842. The Hall–Kier alpha value is -2.43. The Balaban J connectivity index is 1.94. The van der Waals surface area contributed by atoms with Gasteiger partial charge in [-0.2, -0.15) is 0 Å². The topological polar surface area (TPSA) is 55.6 Å². The number of benzene rings is 1. The number of aromatic nitrogens is 4. The molecule has 0 aliphatic rings. The first-order valence-electron chi connectivity index (χ1n) is 6.36. The van der Waals surface area contributed by atoms with Crippen molar-refractivity contribution in [1.29, 1.82) is 0 Å². The van der Waals surface area contributed by atoms with Crippen molar-refractivity contribution >= 4 is 16.9 Å². The Labute approximate surface area is 111 Å². The van der Waals surface area contributed by atoms with Crippen molar-refractivity contribution in [3.63, 3.8) is 0 Å². The summed E-state index contributed by atoms with van der Waals surface area (Å²) in [6, 6.07) is 13.8. The standard InChI is InChI=1S/C14H15N5/c1-2-14(16-13-9-5-6-10-15-13)19-12-8-4-3-7-11(12)17-18-19/h3-10,14H,2H2,1H3,(H,15,16)/t14-/m1/s1. The van der Waals surface area contributed by atoms with Crippen LogP contribution in [-0.2, 0) is 0 Å². The highest BCUT2D eigenvalue weighted by Gasteiger charge is 2.13. The number of anilines is 1. The molecule has 0 bridgehead atoms. The van der Waals surface area contributed by atoms with Crippen molar-refractivity contribution < 1.29 is 0 Å². The van der Waals surface area contributed by atoms with Crippen LogP contribution in [0.25, 0.3) is 11.0 Å². The molecule has 1 atom stereocenters. The third kappa shape index (κ3) is 2.27. The second kappa shape index (κ2) is 5.06. The Morgan fingerprint density at radius 1 is 1.16 bits per heavy atom. The van der Waals surface area contributed by atoms with Crippen LogP contribution < -0.4 is 5.32 Å². The molecule has 2 heterocycles. The molecule has 5 heteroatoms. The predicted molar refractivity (Wildman–Crippen MR) is 74.7 cm³/mol. The summed E-state index contributed by atoms with van der Waals surface area (Å²) < 4.78 is 1.91. The third-order valence-electron chi connectivity index (χ3n) is 3.04. The van der Waals surface area contributed by atoms with Crippen LogP contribution in [0, 0.1) is 0 Å². The Kier molecular flexibility index (Phi) is 3.10. The number of nitrogens with zero attached hydrogens (tertiary/aromatic N) is 4. The average molecular weight is 253 g/mol. The Morgan fingerprint density at radius 2 is 2.00 bits per heavy atom. The molecule has 3 aromatic rings. The summed E-state index contributed by atoms with van der Waals surface area (Å²) in [7, 11) is 0.